The van der Waals surface area contributed by atoms with E-state index in [2.05, 4.69) is 30.8 Å². The van der Waals surface area contributed by atoms with Gasteiger partial charge in [-0.05, 0) is 30.6 Å². The van der Waals surface area contributed by atoms with Crippen LogP contribution in [0.5, 0.6) is 0 Å². The van der Waals surface area contributed by atoms with Crippen LogP contribution >= 0.6 is 0 Å². The van der Waals surface area contributed by atoms with Gasteiger partial charge in [0, 0.05) is 19.3 Å². The Kier molecular flexibility index (Phi) is 4.80. The summed E-state index contributed by atoms with van der Waals surface area (Å²) in [6.45, 7) is 10.3. The second-order valence-corrected chi connectivity index (χ2v) is 6.17. The van der Waals surface area contributed by atoms with Crippen LogP contribution in [0.1, 0.15) is 20.8 Å². The van der Waals surface area contributed by atoms with Gasteiger partial charge in [0.05, 0.1) is 6.54 Å². The van der Waals surface area contributed by atoms with Gasteiger partial charge in [0.15, 0.2) is 5.65 Å². The van der Waals surface area contributed by atoms with Crippen LogP contribution in [0.15, 0.2) is 29.2 Å². The molecular formula is C15H25N5O. The largest absolute Gasteiger partial charge is 0.350 e. The van der Waals surface area contributed by atoms with Crippen LogP contribution in [0.25, 0.3) is 5.65 Å². The lowest BCUT2D eigenvalue weighted by Gasteiger charge is -2.30. The third-order valence-corrected chi connectivity index (χ3v) is 3.77. The lowest BCUT2D eigenvalue weighted by molar-refractivity contribution is 0.182. The van der Waals surface area contributed by atoms with E-state index >= 15 is 0 Å². The van der Waals surface area contributed by atoms with Gasteiger partial charge in [0.25, 0.3) is 0 Å². The molecule has 0 spiro atoms. The van der Waals surface area contributed by atoms with Crippen molar-refractivity contribution in [1.29, 1.82) is 0 Å². The monoisotopic (exact) mass is 291 g/mol. The molecule has 2 rings (SSSR count). The second kappa shape index (κ2) is 6.41. The molecule has 2 aromatic rings. The summed E-state index contributed by atoms with van der Waals surface area (Å²) in [4.78, 5) is 14.5. The molecule has 0 radical (unpaired) electrons. The minimum absolute atomic E-state index is 0.0832. The molecule has 2 aromatic heterocycles. The van der Waals surface area contributed by atoms with Crippen molar-refractivity contribution in [2.75, 3.05) is 26.2 Å². The molecule has 0 aliphatic carbocycles. The molecule has 0 bridgehead atoms. The number of likely N-dealkylation sites (N-methyl/N-ethyl adjacent to an activating group) is 1. The van der Waals surface area contributed by atoms with Crippen molar-refractivity contribution in [1.82, 2.24) is 19.1 Å². The summed E-state index contributed by atoms with van der Waals surface area (Å²) in [5.74, 6) is 0. The summed E-state index contributed by atoms with van der Waals surface area (Å²) < 4.78 is 3.10. The predicted octanol–water partition coefficient (Wildman–Crippen LogP) is 0.803. The molecule has 0 saturated carbocycles. The van der Waals surface area contributed by atoms with Gasteiger partial charge in [-0.25, -0.2) is 9.48 Å². The van der Waals surface area contributed by atoms with Crippen molar-refractivity contribution in [3.8, 4) is 0 Å². The Morgan fingerprint density at radius 1 is 1.38 bits per heavy atom. The van der Waals surface area contributed by atoms with E-state index in [4.69, 9.17) is 5.73 Å². The zero-order chi connectivity index (χ0) is 15.5. The van der Waals surface area contributed by atoms with Crippen molar-refractivity contribution in [2.24, 2.45) is 11.1 Å². The Morgan fingerprint density at radius 3 is 2.76 bits per heavy atom. The lowest BCUT2D eigenvalue weighted by atomic mass is 9.93. The lowest BCUT2D eigenvalue weighted by Crippen LogP contribution is -2.40. The van der Waals surface area contributed by atoms with E-state index in [1.165, 1.54) is 4.68 Å². The maximum absolute atomic E-state index is 12.2. The maximum atomic E-state index is 12.2. The number of rotatable bonds is 7. The fraction of sp³-hybridized carbons (Fsp3) is 0.600. The van der Waals surface area contributed by atoms with E-state index in [0.717, 1.165) is 19.6 Å². The molecule has 21 heavy (non-hydrogen) atoms. The van der Waals surface area contributed by atoms with E-state index in [1.807, 2.05) is 18.2 Å². The summed E-state index contributed by atoms with van der Waals surface area (Å²) in [5.41, 5.74) is 6.48. The summed E-state index contributed by atoms with van der Waals surface area (Å²) >= 11 is 0. The Hall–Kier alpha value is -1.66. The van der Waals surface area contributed by atoms with Crippen molar-refractivity contribution < 1.29 is 0 Å². The van der Waals surface area contributed by atoms with Crippen molar-refractivity contribution >= 4 is 5.65 Å². The Morgan fingerprint density at radius 2 is 2.14 bits per heavy atom. The third-order valence-electron chi connectivity index (χ3n) is 3.77. The first-order chi connectivity index (χ1) is 9.96. The second-order valence-electron chi connectivity index (χ2n) is 6.17. The highest BCUT2D eigenvalue weighted by Gasteiger charge is 2.19. The molecule has 0 unspecified atom stereocenters. The number of pyridine rings is 1. The molecule has 6 nitrogen and oxygen atoms in total. The molecule has 2 heterocycles. The van der Waals surface area contributed by atoms with E-state index in [9.17, 15) is 4.79 Å². The van der Waals surface area contributed by atoms with Gasteiger partial charge in [0.2, 0.25) is 0 Å². The average Bonchev–Trinajstić information content (AvgIpc) is 2.80. The highest BCUT2D eigenvalue weighted by atomic mass is 16.2. The van der Waals surface area contributed by atoms with Crippen LogP contribution in [-0.2, 0) is 6.54 Å². The van der Waals surface area contributed by atoms with Crippen molar-refractivity contribution in [3.05, 3.63) is 34.9 Å². The first-order valence-electron chi connectivity index (χ1n) is 7.43. The minimum atomic E-state index is -0.0836. The number of nitrogens with zero attached hydrogens (tertiary/aromatic N) is 4. The first-order valence-corrected chi connectivity index (χ1v) is 7.43. The van der Waals surface area contributed by atoms with E-state index in [0.29, 0.717) is 18.7 Å². The maximum Gasteiger partial charge on any atom is 0.350 e. The average molecular weight is 291 g/mol. The minimum Gasteiger partial charge on any atom is -0.330 e. The molecule has 0 saturated heterocycles. The van der Waals surface area contributed by atoms with E-state index < -0.39 is 0 Å². The number of nitrogens with two attached hydrogens (primary N) is 1. The van der Waals surface area contributed by atoms with Gasteiger partial charge in [0.1, 0.15) is 0 Å². The van der Waals surface area contributed by atoms with Crippen LogP contribution in [0.2, 0.25) is 0 Å². The molecule has 6 heteroatoms. The topological polar surface area (TPSA) is 68.6 Å². The summed E-state index contributed by atoms with van der Waals surface area (Å²) in [6, 6.07) is 5.56. The molecule has 116 valence electrons. The van der Waals surface area contributed by atoms with Crippen LogP contribution in [0.3, 0.4) is 0 Å². The van der Waals surface area contributed by atoms with Crippen LogP contribution in [0, 0.1) is 5.41 Å². The smallest absolute Gasteiger partial charge is 0.330 e. The number of fused-ring (bicyclic) bond motifs is 1. The fourth-order valence-electron chi connectivity index (χ4n) is 2.37. The van der Waals surface area contributed by atoms with E-state index in [-0.39, 0.29) is 11.1 Å². The summed E-state index contributed by atoms with van der Waals surface area (Å²) in [6.07, 6.45) is 1.75. The van der Waals surface area contributed by atoms with Crippen molar-refractivity contribution in [2.45, 2.75) is 27.3 Å². The van der Waals surface area contributed by atoms with E-state index in [1.54, 1.807) is 10.6 Å². The highest BCUT2D eigenvalue weighted by Crippen LogP contribution is 2.14. The van der Waals surface area contributed by atoms with Gasteiger partial charge in [-0.15, -0.1) is 5.10 Å². The van der Waals surface area contributed by atoms with Gasteiger partial charge in [-0.2, -0.15) is 0 Å². The normalized spacial score (nSPS) is 12.4. The van der Waals surface area contributed by atoms with Crippen LogP contribution in [-0.4, -0.2) is 45.3 Å². The van der Waals surface area contributed by atoms with Gasteiger partial charge < -0.3 is 10.6 Å². The standard InChI is InChI=1S/C15H25N5O/c1-4-18(12-15(2,3)11-16)9-10-20-14(21)19-8-6-5-7-13(19)17-20/h5-8H,4,9-12,16H2,1-3H3. The highest BCUT2D eigenvalue weighted by molar-refractivity contribution is 5.35. The fourth-order valence-corrected chi connectivity index (χ4v) is 2.37. The SMILES string of the molecule is CCN(CCn1nc2ccccn2c1=O)CC(C)(C)CN. The zero-order valence-electron chi connectivity index (χ0n) is 13.1. The quantitative estimate of drug-likeness (QED) is 0.819. The Bertz CT molecular complexity index is 643. The number of hydrogen-bond acceptors (Lipinski definition) is 4. The molecule has 0 aliphatic heterocycles. The number of hydrogen-bond donors (Lipinski definition) is 1. The van der Waals surface area contributed by atoms with Gasteiger partial charge in [-0.1, -0.05) is 26.8 Å². The number of aromatic nitrogens is 3. The first kappa shape index (κ1) is 15.7. The molecule has 0 atom stereocenters. The van der Waals surface area contributed by atoms with Gasteiger partial charge >= 0.3 is 5.69 Å². The Balaban J connectivity index is 2.06. The molecule has 0 fully saturated rings. The molecule has 0 amide bonds. The van der Waals surface area contributed by atoms with Gasteiger partial charge in [-0.3, -0.25) is 4.40 Å². The van der Waals surface area contributed by atoms with Crippen molar-refractivity contribution in [3.63, 3.8) is 0 Å². The third kappa shape index (κ3) is 3.71. The molecule has 0 aliphatic rings. The zero-order valence-corrected chi connectivity index (χ0v) is 13.1. The van der Waals surface area contributed by atoms with Crippen LogP contribution < -0.4 is 11.4 Å². The summed E-state index contributed by atoms with van der Waals surface area (Å²) in [7, 11) is 0. The summed E-state index contributed by atoms with van der Waals surface area (Å²) in [5, 5.41) is 4.35. The molecular weight excluding hydrogens is 266 g/mol. The predicted molar refractivity (Wildman–Crippen MR) is 84.4 cm³/mol. The molecule has 2 N–H and O–H groups in total. The van der Waals surface area contributed by atoms with Crippen LogP contribution in [0.4, 0.5) is 0 Å². The molecule has 0 aromatic carbocycles. The Labute approximate surface area is 125 Å².